The number of rotatable bonds is 18. The van der Waals surface area contributed by atoms with Gasteiger partial charge in [0.15, 0.2) is 9.84 Å². The fraction of sp³-hybridized carbons (Fsp3) is 0.588. The molecule has 11 heteroatoms. The number of benzene rings is 2. The summed E-state index contributed by atoms with van der Waals surface area (Å²) in [6, 6.07) is 8.40. The molecule has 0 aliphatic rings. The summed E-state index contributed by atoms with van der Waals surface area (Å²) in [6.07, 6.45) is 1.64. The summed E-state index contributed by atoms with van der Waals surface area (Å²) >= 11 is 0. The zero-order chi connectivity index (χ0) is 33.8. The standard InChI is InChI=1S/C34H51F2N3O5S/c1-7-11-28(12-8-2)45(43,44)22-30(39-33(42)34(4,5)6)32(41)38-29(18-25-16-26(35)19-27(36)17-25)31(40)21-37-20-24-14-10-13-23(9-3)15-24/h10,13-17,19,28-31,37,40H,7-9,11-12,18,20-22H2,1-6H3,(H,38,41)(H,39,42)/t29-,30+,31+/m0/s1. The zero-order valence-corrected chi connectivity index (χ0v) is 28.3. The average molecular weight is 652 g/mol. The Bertz CT molecular complexity index is 1340. The predicted octanol–water partition coefficient (Wildman–Crippen LogP) is 4.62. The summed E-state index contributed by atoms with van der Waals surface area (Å²) in [5, 5.41) is 19.0. The Morgan fingerprint density at radius 1 is 0.889 bits per heavy atom. The van der Waals surface area contributed by atoms with Crippen LogP contribution in [-0.4, -0.2) is 61.1 Å². The number of halogens is 2. The maximum Gasteiger partial charge on any atom is 0.243 e. The van der Waals surface area contributed by atoms with Crippen LogP contribution in [0.2, 0.25) is 0 Å². The molecule has 0 saturated heterocycles. The van der Waals surface area contributed by atoms with Gasteiger partial charge in [-0.3, -0.25) is 9.59 Å². The van der Waals surface area contributed by atoms with Crippen molar-refractivity contribution in [3.63, 3.8) is 0 Å². The summed E-state index contributed by atoms with van der Waals surface area (Å²) < 4.78 is 55.1. The highest BCUT2D eigenvalue weighted by molar-refractivity contribution is 7.92. The molecule has 8 nitrogen and oxygen atoms in total. The number of carbonyl (C=O) groups excluding carboxylic acids is 2. The van der Waals surface area contributed by atoms with Crippen LogP contribution in [0.4, 0.5) is 8.78 Å². The first-order valence-corrected chi connectivity index (χ1v) is 17.6. The summed E-state index contributed by atoms with van der Waals surface area (Å²) in [7, 11) is -3.81. The van der Waals surface area contributed by atoms with E-state index in [2.05, 4.69) is 22.9 Å². The van der Waals surface area contributed by atoms with Gasteiger partial charge in [-0.25, -0.2) is 17.2 Å². The van der Waals surface area contributed by atoms with Crippen molar-refractivity contribution in [2.45, 2.75) is 110 Å². The third-order valence-corrected chi connectivity index (χ3v) is 9.97. The van der Waals surface area contributed by atoms with Crippen molar-refractivity contribution in [1.29, 1.82) is 0 Å². The first-order chi connectivity index (χ1) is 21.1. The molecule has 2 aromatic rings. The number of nitrogens with one attached hydrogen (secondary N) is 3. The van der Waals surface area contributed by atoms with E-state index in [0.717, 1.165) is 35.7 Å². The third kappa shape index (κ3) is 12.8. The number of amides is 2. The Hall–Kier alpha value is -2.89. The van der Waals surface area contributed by atoms with Crippen LogP contribution in [0.3, 0.4) is 0 Å². The summed E-state index contributed by atoms with van der Waals surface area (Å²) in [5.74, 6) is -3.55. The number of sulfone groups is 1. The molecule has 45 heavy (non-hydrogen) atoms. The first-order valence-electron chi connectivity index (χ1n) is 15.8. The smallest absolute Gasteiger partial charge is 0.243 e. The van der Waals surface area contributed by atoms with Crippen molar-refractivity contribution in [1.82, 2.24) is 16.0 Å². The normalized spacial score (nSPS) is 14.2. The molecular formula is C34H51F2N3O5S. The van der Waals surface area contributed by atoms with Crippen molar-refractivity contribution in [3.05, 3.63) is 70.8 Å². The molecule has 0 aliphatic carbocycles. The number of aliphatic hydroxyl groups is 1. The fourth-order valence-corrected chi connectivity index (χ4v) is 7.25. The van der Waals surface area contributed by atoms with E-state index in [1.165, 1.54) is 0 Å². The lowest BCUT2D eigenvalue weighted by Crippen LogP contribution is -2.58. The van der Waals surface area contributed by atoms with E-state index < -0.39 is 67.9 Å². The summed E-state index contributed by atoms with van der Waals surface area (Å²) in [4.78, 5) is 26.7. The van der Waals surface area contributed by atoms with Gasteiger partial charge >= 0.3 is 0 Å². The van der Waals surface area contributed by atoms with Crippen molar-refractivity contribution in [2.24, 2.45) is 5.41 Å². The van der Waals surface area contributed by atoms with Crippen LogP contribution in [0.25, 0.3) is 0 Å². The van der Waals surface area contributed by atoms with Crippen molar-refractivity contribution >= 4 is 21.7 Å². The van der Waals surface area contributed by atoms with E-state index in [4.69, 9.17) is 0 Å². The van der Waals surface area contributed by atoms with E-state index in [1.807, 2.05) is 38.1 Å². The molecule has 0 fully saturated rings. The Labute approximate surface area is 267 Å². The number of aryl methyl sites for hydroxylation is 1. The largest absolute Gasteiger partial charge is 0.390 e. The van der Waals surface area contributed by atoms with Gasteiger partial charge in [0.1, 0.15) is 17.7 Å². The second-order valence-electron chi connectivity index (χ2n) is 12.8. The molecule has 252 valence electrons. The molecule has 0 spiro atoms. The molecule has 0 unspecified atom stereocenters. The van der Waals surface area contributed by atoms with Gasteiger partial charge in [-0.05, 0) is 54.5 Å². The Kier molecular flexibility index (Phi) is 15.1. The van der Waals surface area contributed by atoms with Gasteiger partial charge in [0.25, 0.3) is 0 Å². The first kappa shape index (κ1) is 38.3. The van der Waals surface area contributed by atoms with Gasteiger partial charge in [0, 0.05) is 24.6 Å². The molecule has 3 atom stereocenters. The highest BCUT2D eigenvalue weighted by Crippen LogP contribution is 2.19. The molecular weight excluding hydrogens is 600 g/mol. The van der Waals surface area contributed by atoms with Crippen molar-refractivity contribution in [3.8, 4) is 0 Å². The predicted molar refractivity (Wildman–Crippen MR) is 174 cm³/mol. The average Bonchev–Trinajstić information content (AvgIpc) is 2.95. The number of hydrogen-bond acceptors (Lipinski definition) is 6. The Morgan fingerprint density at radius 3 is 2.04 bits per heavy atom. The van der Waals surface area contributed by atoms with E-state index in [1.54, 1.807) is 20.8 Å². The molecule has 0 aromatic heterocycles. The fourth-order valence-electron chi connectivity index (χ4n) is 5.09. The molecule has 2 rings (SSSR count). The van der Waals surface area contributed by atoms with E-state index >= 15 is 0 Å². The van der Waals surface area contributed by atoms with E-state index in [9.17, 15) is 31.9 Å². The van der Waals surface area contributed by atoms with Crippen molar-refractivity contribution in [2.75, 3.05) is 12.3 Å². The maximum atomic E-state index is 14.0. The third-order valence-electron chi connectivity index (χ3n) is 7.68. The topological polar surface area (TPSA) is 125 Å². The molecule has 2 aromatic carbocycles. The van der Waals surface area contributed by atoms with Gasteiger partial charge in [-0.15, -0.1) is 0 Å². The molecule has 2 amide bonds. The molecule has 0 bridgehead atoms. The van der Waals surface area contributed by atoms with Crippen LogP contribution in [-0.2, 0) is 38.8 Å². The van der Waals surface area contributed by atoms with Gasteiger partial charge in [0.05, 0.1) is 23.1 Å². The number of carbonyl (C=O) groups is 2. The molecule has 0 heterocycles. The lowest BCUT2D eigenvalue weighted by Gasteiger charge is -2.29. The monoisotopic (exact) mass is 651 g/mol. The van der Waals surface area contributed by atoms with E-state index in [-0.39, 0.29) is 18.5 Å². The second-order valence-corrected chi connectivity index (χ2v) is 15.1. The molecule has 0 aliphatic heterocycles. The highest BCUT2D eigenvalue weighted by Gasteiger charge is 2.36. The minimum atomic E-state index is -3.81. The summed E-state index contributed by atoms with van der Waals surface area (Å²) in [5.41, 5.74) is 1.44. The minimum absolute atomic E-state index is 0.0193. The Balaban J connectivity index is 2.35. The molecule has 4 N–H and O–H groups in total. The lowest BCUT2D eigenvalue weighted by molar-refractivity contribution is -0.133. The Morgan fingerprint density at radius 2 is 1.49 bits per heavy atom. The second kappa shape index (κ2) is 17.7. The zero-order valence-electron chi connectivity index (χ0n) is 27.5. The van der Waals surface area contributed by atoms with Crippen LogP contribution in [0.15, 0.2) is 42.5 Å². The van der Waals surface area contributed by atoms with Gasteiger partial charge < -0.3 is 21.1 Å². The maximum absolute atomic E-state index is 14.0. The number of aliphatic hydroxyl groups excluding tert-OH is 1. The van der Waals surface area contributed by atoms with Crippen LogP contribution >= 0.6 is 0 Å². The van der Waals surface area contributed by atoms with Crippen LogP contribution in [0.1, 0.15) is 83.9 Å². The van der Waals surface area contributed by atoms with Gasteiger partial charge in [-0.1, -0.05) is 78.6 Å². The molecule has 0 radical (unpaired) electrons. The highest BCUT2D eigenvalue weighted by atomic mass is 32.2. The summed E-state index contributed by atoms with van der Waals surface area (Å²) in [6.45, 7) is 11.2. The minimum Gasteiger partial charge on any atom is -0.390 e. The van der Waals surface area contributed by atoms with Crippen molar-refractivity contribution < 1.29 is 31.9 Å². The van der Waals surface area contributed by atoms with Gasteiger partial charge in [-0.2, -0.15) is 0 Å². The lowest BCUT2D eigenvalue weighted by atomic mass is 9.95. The quantitative estimate of drug-likeness (QED) is 0.187. The molecule has 0 saturated carbocycles. The van der Waals surface area contributed by atoms with Crippen LogP contribution in [0, 0.1) is 17.0 Å². The number of hydrogen-bond donors (Lipinski definition) is 4. The van der Waals surface area contributed by atoms with E-state index in [0.29, 0.717) is 32.2 Å². The van der Waals surface area contributed by atoms with Crippen LogP contribution in [0.5, 0.6) is 0 Å². The van der Waals surface area contributed by atoms with Crippen LogP contribution < -0.4 is 16.0 Å². The SMILES string of the molecule is CCCC(CCC)S(=O)(=O)C[C@@H](NC(=O)C(C)(C)C)C(=O)N[C@@H](Cc1cc(F)cc(F)c1)[C@H](O)CNCc1cccc(CC)c1. The van der Waals surface area contributed by atoms with Gasteiger partial charge in [0.2, 0.25) is 11.8 Å².